The predicted molar refractivity (Wildman–Crippen MR) is 72.7 cm³/mol. The van der Waals surface area contributed by atoms with Crippen molar-refractivity contribution >= 4 is 27.7 Å². The molecule has 0 aliphatic rings. The van der Waals surface area contributed by atoms with E-state index in [-0.39, 0.29) is 18.1 Å². The lowest BCUT2D eigenvalue weighted by atomic mass is 10.1. The Morgan fingerprint density at radius 1 is 1.32 bits per heavy atom. The first-order chi connectivity index (χ1) is 9.06. The van der Waals surface area contributed by atoms with Crippen LogP contribution in [0.25, 0.3) is 11.3 Å². The second-order valence-corrected chi connectivity index (χ2v) is 4.87. The predicted octanol–water partition coefficient (Wildman–Crippen LogP) is 2.58. The lowest BCUT2D eigenvalue weighted by molar-refractivity contribution is -0.120. The first-order valence-corrected chi connectivity index (χ1v) is 6.33. The van der Waals surface area contributed by atoms with Crippen LogP contribution in [0.4, 0.5) is 0 Å². The van der Waals surface area contributed by atoms with Gasteiger partial charge in [-0.25, -0.2) is 4.79 Å². The van der Waals surface area contributed by atoms with Gasteiger partial charge in [-0.15, -0.1) is 0 Å². The molecule has 2 aromatic rings. The third-order valence-corrected chi connectivity index (χ3v) is 2.88. The zero-order chi connectivity index (χ0) is 13.8. The van der Waals surface area contributed by atoms with Crippen LogP contribution in [-0.2, 0) is 9.53 Å². The van der Waals surface area contributed by atoms with E-state index in [1.807, 2.05) is 24.3 Å². The Morgan fingerprint density at radius 2 is 2.00 bits per heavy atom. The SMILES string of the molecule is CC(=O)COC(=O)c1cc(-c2ccc(Br)cc2)[nH]n1. The van der Waals surface area contributed by atoms with Crippen LogP contribution >= 0.6 is 15.9 Å². The first kappa shape index (κ1) is 13.5. The molecule has 19 heavy (non-hydrogen) atoms. The molecule has 5 nitrogen and oxygen atoms in total. The maximum atomic E-state index is 11.6. The number of halogens is 1. The van der Waals surface area contributed by atoms with E-state index in [2.05, 4.69) is 26.1 Å². The lowest BCUT2D eigenvalue weighted by Crippen LogP contribution is -2.11. The van der Waals surface area contributed by atoms with Crippen LogP contribution < -0.4 is 0 Å². The summed E-state index contributed by atoms with van der Waals surface area (Å²) in [5.74, 6) is -0.827. The minimum atomic E-state index is -0.616. The van der Waals surface area contributed by atoms with Crippen LogP contribution in [0, 0.1) is 0 Å². The summed E-state index contributed by atoms with van der Waals surface area (Å²) < 4.78 is 5.75. The quantitative estimate of drug-likeness (QED) is 0.878. The summed E-state index contributed by atoms with van der Waals surface area (Å²) in [5.41, 5.74) is 1.77. The van der Waals surface area contributed by atoms with Gasteiger partial charge in [-0.05, 0) is 30.7 Å². The Labute approximate surface area is 118 Å². The van der Waals surface area contributed by atoms with Crippen LogP contribution in [-0.4, -0.2) is 28.6 Å². The number of aromatic nitrogens is 2. The molecule has 98 valence electrons. The van der Waals surface area contributed by atoms with Gasteiger partial charge in [0.2, 0.25) is 0 Å². The van der Waals surface area contributed by atoms with Crippen LogP contribution in [0.3, 0.4) is 0 Å². The van der Waals surface area contributed by atoms with Crippen molar-refractivity contribution in [3.63, 3.8) is 0 Å². The third-order valence-electron chi connectivity index (χ3n) is 2.35. The summed E-state index contributed by atoms with van der Waals surface area (Å²) in [5, 5.41) is 6.63. The van der Waals surface area contributed by atoms with E-state index in [0.29, 0.717) is 5.69 Å². The molecule has 0 aliphatic carbocycles. The Morgan fingerprint density at radius 3 is 2.63 bits per heavy atom. The minimum absolute atomic E-state index is 0.152. The molecule has 1 aromatic heterocycles. The van der Waals surface area contributed by atoms with Crippen LogP contribution in [0.5, 0.6) is 0 Å². The van der Waals surface area contributed by atoms with Crippen LogP contribution in [0.15, 0.2) is 34.8 Å². The summed E-state index contributed by atoms with van der Waals surface area (Å²) in [6.45, 7) is 1.12. The van der Waals surface area contributed by atoms with Gasteiger partial charge in [0.1, 0.15) is 6.61 Å². The number of aromatic amines is 1. The van der Waals surface area contributed by atoms with Gasteiger partial charge in [0.05, 0.1) is 5.69 Å². The van der Waals surface area contributed by atoms with Crippen molar-refractivity contribution in [2.75, 3.05) is 6.61 Å². The molecule has 0 bridgehead atoms. The number of hydrogen-bond donors (Lipinski definition) is 1. The maximum absolute atomic E-state index is 11.6. The van der Waals surface area contributed by atoms with E-state index < -0.39 is 5.97 Å². The van der Waals surface area contributed by atoms with Gasteiger partial charge in [-0.1, -0.05) is 28.1 Å². The summed E-state index contributed by atoms with van der Waals surface area (Å²) in [6.07, 6.45) is 0. The summed E-state index contributed by atoms with van der Waals surface area (Å²) in [6, 6.07) is 9.16. The Balaban J connectivity index is 2.12. The number of ketones is 1. The van der Waals surface area contributed by atoms with Gasteiger partial charge >= 0.3 is 5.97 Å². The fourth-order valence-electron chi connectivity index (χ4n) is 1.44. The molecule has 0 amide bonds. The standard InChI is InChI=1S/C13H11BrN2O3/c1-8(17)7-19-13(18)12-6-11(15-16-12)9-2-4-10(14)5-3-9/h2-6H,7H2,1H3,(H,15,16). The highest BCUT2D eigenvalue weighted by molar-refractivity contribution is 9.10. The molecule has 1 aromatic carbocycles. The molecule has 1 heterocycles. The molecular weight excluding hydrogens is 312 g/mol. The van der Waals surface area contributed by atoms with Crippen molar-refractivity contribution in [3.8, 4) is 11.3 Å². The summed E-state index contributed by atoms with van der Waals surface area (Å²) >= 11 is 3.35. The van der Waals surface area contributed by atoms with Gasteiger partial charge in [0, 0.05) is 4.47 Å². The van der Waals surface area contributed by atoms with Crippen molar-refractivity contribution in [2.24, 2.45) is 0 Å². The average Bonchev–Trinajstić information content (AvgIpc) is 2.86. The van der Waals surface area contributed by atoms with Gasteiger partial charge in [-0.2, -0.15) is 5.10 Å². The number of nitrogens with zero attached hydrogens (tertiary/aromatic N) is 1. The van der Waals surface area contributed by atoms with E-state index in [9.17, 15) is 9.59 Å². The maximum Gasteiger partial charge on any atom is 0.359 e. The molecule has 2 rings (SSSR count). The third kappa shape index (κ3) is 3.51. The molecule has 0 saturated heterocycles. The van der Waals surface area contributed by atoms with Gasteiger partial charge in [0.15, 0.2) is 11.5 Å². The van der Waals surface area contributed by atoms with Crippen molar-refractivity contribution < 1.29 is 14.3 Å². The van der Waals surface area contributed by atoms with E-state index in [0.717, 1.165) is 10.0 Å². The number of nitrogens with one attached hydrogen (secondary N) is 1. The highest BCUT2D eigenvalue weighted by atomic mass is 79.9. The highest BCUT2D eigenvalue weighted by Gasteiger charge is 2.13. The number of ether oxygens (including phenoxy) is 1. The van der Waals surface area contributed by atoms with E-state index in [1.165, 1.54) is 6.92 Å². The molecule has 1 N–H and O–H groups in total. The number of hydrogen-bond acceptors (Lipinski definition) is 4. The van der Waals surface area contributed by atoms with E-state index in [1.54, 1.807) is 6.07 Å². The summed E-state index contributed by atoms with van der Waals surface area (Å²) in [7, 11) is 0. The second kappa shape index (κ2) is 5.79. The number of benzene rings is 1. The fourth-order valence-corrected chi connectivity index (χ4v) is 1.71. The zero-order valence-corrected chi connectivity index (χ0v) is 11.7. The van der Waals surface area contributed by atoms with E-state index >= 15 is 0 Å². The molecule has 0 fully saturated rings. The van der Waals surface area contributed by atoms with Crippen molar-refractivity contribution in [1.29, 1.82) is 0 Å². The molecule has 0 unspecified atom stereocenters. The topological polar surface area (TPSA) is 72.1 Å². The molecular formula is C13H11BrN2O3. The monoisotopic (exact) mass is 322 g/mol. The smallest absolute Gasteiger partial charge is 0.359 e. The first-order valence-electron chi connectivity index (χ1n) is 5.54. The molecule has 0 atom stereocenters. The molecule has 0 saturated carbocycles. The number of esters is 1. The Bertz CT molecular complexity index is 605. The van der Waals surface area contributed by atoms with Crippen molar-refractivity contribution in [2.45, 2.75) is 6.92 Å². The number of Topliss-reactive ketones (excluding diaryl/α,β-unsaturated/α-hetero) is 1. The van der Waals surface area contributed by atoms with Crippen molar-refractivity contribution in [1.82, 2.24) is 10.2 Å². The fraction of sp³-hybridized carbons (Fsp3) is 0.154. The van der Waals surface area contributed by atoms with Gasteiger partial charge in [-0.3, -0.25) is 9.89 Å². The van der Waals surface area contributed by atoms with Crippen molar-refractivity contribution in [3.05, 3.63) is 40.5 Å². The zero-order valence-electron chi connectivity index (χ0n) is 10.1. The number of carbonyl (C=O) groups is 2. The second-order valence-electron chi connectivity index (χ2n) is 3.95. The lowest BCUT2D eigenvalue weighted by Gasteiger charge is -1.98. The summed E-state index contributed by atoms with van der Waals surface area (Å²) in [4.78, 5) is 22.3. The van der Waals surface area contributed by atoms with Gasteiger partial charge in [0.25, 0.3) is 0 Å². The molecule has 6 heteroatoms. The number of H-pyrrole nitrogens is 1. The minimum Gasteiger partial charge on any atom is -0.453 e. The normalized spacial score (nSPS) is 10.2. The average molecular weight is 323 g/mol. The largest absolute Gasteiger partial charge is 0.453 e. The Hall–Kier alpha value is -1.95. The van der Waals surface area contributed by atoms with Crippen LogP contribution in [0.1, 0.15) is 17.4 Å². The van der Waals surface area contributed by atoms with E-state index in [4.69, 9.17) is 4.74 Å². The van der Waals surface area contributed by atoms with Gasteiger partial charge < -0.3 is 4.74 Å². The highest BCUT2D eigenvalue weighted by Crippen LogP contribution is 2.20. The van der Waals surface area contributed by atoms with Crippen LogP contribution in [0.2, 0.25) is 0 Å². The molecule has 0 spiro atoms. The molecule has 0 radical (unpaired) electrons. The Kier molecular flexibility index (Phi) is 4.11. The number of carbonyl (C=O) groups excluding carboxylic acids is 2. The number of rotatable bonds is 4. The molecule has 0 aliphatic heterocycles.